The molecular formula is C16H25Cl2N3O. The summed E-state index contributed by atoms with van der Waals surface area (Å²) in [5.74, 6) is 0.264. The van der Waals surface area contributed by atoms with Crippen molar-refractivity contribution >= 4 is 30.7 Å². The Kier molecular flexibility index (Phi) is 7.13. The van der Waals surface area contributed by atoms with Crippen LogP contribution in [0.15, 0.2) is 24.3 Å². The Morgan fingerprint density at radius 1 is 1.18 bits per heavy atom. The molecule has 6 heteroatoms. The first-order chi connectivity index (χ1) is 9.65. The molecule has 0 aromatic heterocycles. The van der Waals surface area contributed by atoms with E-state index >= 15 is 0 Å². The Hall–Kier alpha value is -0.810. The van der Waals surface area contributed by atoms with E-state index in [-0.39, 0.29) is 36.8 Å². The lowest BCUT2D eigenvalue weighted by atomic mass is 9.94. The molecule has 2 heterocycles. The molecule has 2 unspecified atom stereocenters. The summed E-state index contributed by atoms with van der Waals surface area (Å²) in [7, 11) is 2.12. The third-order valence-corrected chi connectivity index (χ3v) is 4.49. The first-order valence-corrected chi connectivity index (χ1v) is 7.44. The van der Waals surface area contributed by atoms with E-state index in [1.54, 1.807) is 0 Å². The van der Waals surface area contributed by atoms with Crippen molar-refractivity contribution in [1.82, 2.24) is 15.1 Å². The average Bonchev–Trinajstić information content (AvgIpc) is 2.46. The Morgan fingerprint density at radius 2 is 1.86 bits per heavy atom. The molecule has 2 aliphatic heterocycles. The SMILES string of the molecule is CC1CN(C)CCN1C(=O)C1Cc2ccccc2CN1.Cl.Cl. The predicted molar refractivity (Wildman–Crippen MR) is 93.9 cm³/mol. The number of nitrogens with one attached hydrogen (secondary N) is 1. The summed E-state index contributed by atoms with van der Waals surface area (Å²) >= 11 is 0. The van der Waals surface area contributed by atoms with Crippen molar-refractivity contribution in [3.05, 3.63) is 35.4 Å². The lowest BCUT2D eigenvalue weighted by molar-refractivity contribution is -0.137. The van der Waals surface area contributed by atoms with Crippen LogP contribution in [0.4, 0.5) is 0 Å². The normalized spacial score (nSPS) is 24.7. The van der Waals surface area contributed by atoms with Crippen molar-refractivity contribution in [1.29, 1.82) is 0 Å². The standard InChI is InChI=1S/C16H23N3O.2ClH/c1-12-11-18(2)7-8-19(12)16(20)15-9-13-5-3-4-6-14(13)10-17-15;;/h3-6,12,15,17H,7-11H2,1-2H3;2*1H. The van der Waals surface area contributed by atoms with E-state index in [4.69, 9.17) is 0 Å². The number of amides is 1. The van der Waals surface area contributed by atoms with Gasteiger partial charge in [-0.15, -0.1) is 24.8 Å². The van der Waals surface area contributed by atoms with Crippen LogP contribution in [0, 0.1) is 0 Å². The molecule has 4 nitrogen and oxygen atoms in total. The molecule has 1 fully saturated rings. The summed E-state index contributed by atoms with van der Waals surface area (Å²) in [4.78, 5) is 17.1. The molecule has 22 heavy (non-hydrogen) atoms. The second kappa shape index (κ2) is 8.16. The van der Waals surface area contributed by atoms with E-state index in [1.807, 2.05) is 4.90 Å². The molecule has 2 atom stereocenters. The topological polar surface area (TPSA) is 35.6 Å². The molecule has 3 rings (SSSR count). The number of rotatable bonds is 1. The molecule has 2 aliphatic rings. The van der Waals surface area contributed by atoms with Crippen molar-refractivity contribution in [2.45, 2.75) is 32.0 Å². The number of likely N-dealkylation sites (N-methyl/N-ethyl adjacent to an activating group) is 1. The fraction of sp³-hybridized carbons (Fsp3) is 0.562. The van der Waals surface area contributed by atoms with Gasteiger partial charge in [0.25, 0.3) is 0 Å². The zero-order valence-electron chi connectivity index (χ0n) is 13.1. The molecule has 0 saturated carbocycles. The van der Waals surface area contributed by atoms with Crippen LogP contribution in [0.2, 0.25) is 0 Å². The third kappa shape index (κ3) is 3.93. The molecule has 0 spiro atoms. The van der Waals surface area contributed by atoms with E-state index in [2.05, 4.69) is 48.5 Å². The third-order valence-electron chi connectivity index (χ3n) is 4.49. The Bertz CT molecular complexity index is 512. The van der Waals surface area contributed by atoms with Gasteiger partial charge in [-0.25, -0.2) is 0 Å². The average molecular weight is 346 g/mol. The van der Waals surface area contributed by atoms with Gasteiger partial charge in [0.15, 0.2) is 0 Å². The van der Waals surface area contributed by atoms with E-state index < -0.39 is 0 Å². The van der Waals surface area contributed by atoms with Gasteiger partial charge in [-0.3, -0.25) is 4.79 Å². The minimum atomic E-state index is -0.0595. The minimum absolute atomic E-state index is 0. The number of carbonyl (C=O) groups is 1. The van der Waals surface area contributed by atoms with Gasteiger partial charge in [0, 0.05) is 32.2 Å². The number of fused-ring (bicyclic) bond motifs is 1. The van der Waals surface area contributed by atoms with Gasteiger partial charge in [-0.1, -0.05) is 24.3 Å². The highest BCUT2D eigenvalue weighted by atomic mass is 35.5. The van der Waals surface area contributed by atoms with Crippen LogP contribution in [0.1, 0.15) is 18.1 Å². The first kappa shape index (κ1) is 19.2. The van der Waals surface area contributed by atoms with Crippen molar-refractivity contribution in [2.75, 3.05) is 26.7 Å². The lowest BCUT2D eigenvalue weighted by Crippen LogP contribution is -2.58. The van der Waals surface area contributed by atoms with Crippen LogP contribution in [0.25, 0.3) is 0 Å². The Morgan fingerprint density at radius 3 is 2.55 bits per heavy atom. The monoisotopic (exact) mass is 345 g/mol. The number of hydrogen-bond donors (Lipinski definition) is 1. The molecule has 1 N–H and O–H groups in total. The zero-order chi connectivity index (χ0) is 14.1. The molecule has 1 aromatic rings. The van der Waals surface area contributed by atoms with Crippen LogP contribution in [-0.4, -0.2) is 54.5 Å². The van der Waals surface area contributed by atoms with Gasteiger partial charge in [0.2, 0.25) is 5.91 Å². The first-order valence-electron chi connectivity index (χ1n) is 7.44. The molecular weight excluding hydrogens is 321 g/mol. The fourth-order valence-corrected chi connectivity index (χ4v) is 3.30. The molecule has 0 aliphatic carbocycles. The summed E-state index contributed by atoms with van der Waals surface area (Å²) < 4.78 is 0. The number of benzene rings is 1. The number of carbonyl (C=O) groups excluding carboxylic acids is 1. The second-order valence-electron chi connectivity index (χ2n) is 6.05. The van der Waals surface area contributed by atoms with Gasteiger partial charge in [-0.2, -0.15) is 0 Å². The molecule has 1 aromatic carbocycles. The maximum absolute atomic E-state index is 12.7. The molecule has 0 radical (unpaired) electrons. The highest BCUT2D eigenvalue weighted by molar-refractivity contribution is 5.85. The van der Waals surface area contributed by atoms with Crippen LogP contribution >= 0.6 is 24.8 Å². The lowest BCUT2D eigenvalue weighted by Gasteiger charge is -2.40. The maximum Gasteiger partial charge on any atom is 0.240 e. The molecule has 0 bridgehead atoms. The summed E-state index contributed by atoms with van der Waals surface area (Å²) in [5, 5.41) is 3.40. The molecule has 1 amide bonds. The summed E-state index contributed by atoms with van der Waals surface area (Å²) in [6, 6.07) is 8.65. The predicted octanol–water partition coefficient (Wildman–Crippen LogP) is 1.71. The highest BCUT2D eigenvalue weighted by Gasteiger charge is 2.32. The van der Waals surface area contributed by atoms with Gasteiger partial charge in [0.05, 0.1) is 6.04 Å². The highest BCUT2D eigenvalue weighted by Crippen LogP contribution is 2.19. The van der Waals surface area contributed by atoms with Crippen LogP contribution in [0.5, 0.6) is 0 Å². The van der Waals surface area contributed by atoms with E-state index in [1.165, 1.54) is 11.1 Å². The number of hydrogen-bond acceptors (Lipinski definition) is 3. The summed E-state index contributed by atoms with van der Waals surface area (Å²) in [6.45, 7) is 5.73. The van der Waals surface area contributed by atoms with Gasteiger partial charge in [-0.05, 0) is 31.5 Å². The molecule has 1 saturated heterocycles. The largest absolute Gasteiger partial charge is 0.336 e. The van der Waals surface area contributed by atoms with Gasteiger partial charge in [0.1, 0.15) is 0 Å². The van der Waals surface area contributed by atoms with Crippen molar-refractivity contribution < 1.29 is 4.79 Å². The van der Waals surface area contributed by atoms with Crippen molar-refractivity contribution in [3.8, 4) is 0 Å². The number of nitrogens with zero attached hydrogens (tertiary/aromatic N) is 2. The van der Waals surface area contributed by atoms with Crippen LogP contribution in [0.3, 0.4) is 0 Å². The minimum Gasteiger partial charge on any atom is -0.336 e. The zero-order valence-corrected chi connectivity index (χ0v) is 14.8. The van der Waals surface area contributed by atoms with E-state index in [0.717, 1.165) is 32.6 Å². The summed E-state index contributed by atoms with van der Waals surface area (Å²) in [6.07, 6.45) is 0.814. The number of halogens is 2. The fourth-order valence-electron chi connectivity index (χ4n) is 3.30. The Balaban J connectivity index is 0.00000121. The summed E-state index contributed by atoms with van der Waals surface area (Å²) in [5.41, 5.74) is 2.63. The van der Waals surface area contributed by atoms with Crippen molar-refractivity contribution in [3.63, 3.8) is 0 Å². The molecule has 124 valence electrons. The van der Waals surface area contributed by atoms with Gasteiger partial charge >= 0.3 is 0 Å². The maximum atomic E-state index is 12.7. The smallest absolute Gasteiger partial charge is 0.240 e. The van der Waals surface area contributed by atoms with E-state index in [9.17, 15) is 4.79 Å². The van der Waals surface area contributed by atoms with Crippen LogP contribution in [-0.2, 0) is 17.8 Å². The van der Waals surface area contributed by atoms with Crippen LogP contribution < -0.4 is 5.32 Å². The number of piperazine rings is 1. The van der Waals surface area contributed by atoms with Gasteiger partial charge < -0.3 is 15.1 Å². The van der Waals surface area contributed by atoms with Crippen molar-refractivity contribution in [2.24, 2.45) is 0 Å². The second-order valence-corrected chi connectivity index (χ2v) is 6.05. The Labute approximate surface area is 145 Å². The van der Waals surface area contributed by atoms with E-state index in [0.29, 0.717) is 6.04 Å². The quantitative estimate of drug-likeness (QED) is 0.841.